The predicted octanol–water partition coefficient (Wildman–Crippen LogP) is 4.00. The Hall–Kier alpha value is -0.610. The van der Waals surface area contributed by atoms with E-state index in [1.807, 2.05) is 11.3 Å². The van der Waals surface area contributed by atoms with Crippen LogP contribution in [0.25, 0.3) is 0 Å². The van der Waals surface area contributed by atoms with Crippen LogP contribution < -0.4 is 10.2 Å². The fourth-order valence-electron chi connectivity index (χ4n) is 3.02. The van der Waals surface area contributed by atoms with Gasteiger partial charge in [-0.05, 0) is 39.2 Å². The second-order valence-electron chi connectivity index (χ2n) is 5.76. The van der Waals surface area contributed by atoms with Crippen molar-refractivity contribution in [3.8, 4) is 0 Å². The van der Waals surface area contributed by atoms with Crippen molar-refractivity contribution in [1.82, 2.24) is 10.3 Å². The van der Waals surface area contributed by atoms with Crippen LogP contribution in [0.4, 0.5) is 5.13 Å². The van der Waals surface area contributed by atoms with Gasteiger partial charge in [-0.3, -0.25) is 0 Å². The van der Waals surface area contributed by atoms with Crippen molar-refractivity contribution in [2.45, 2.75) is 58.9 Å². The van der Waals surface area contributed by atoms with Crippen LogP contribution in [0.2, 0.25) is 0 Å². The van der Waals surface area contributed by atoms with Crippen molar-refractivity contribution in [3.63, 3.8) is 0 Å². The van der Waals surface area contributed by atoms with Crippen LogP contribution in [0.15, 0.2) is 0 Å². The highest BCUT2D eigenvalue weighted by Gasteiger charge is 2.25. The second kappa shape index (κ2) is 7.41. The van der Waals surface area contributed by atoms with Gasteiger partial charge in [-0.2, -0.15) is 0 Å². The third-order valence-electron chi connectivity index (χ3n) is 4.58. The number of aryl methyl sites for hydroxylation is 1. The maximum Gasteiger partial charge on any atom is 0.185 e. The Balaban J connectivity index is 2.16. The molecule has 0 fully saturated rings. The van der Waals surface area contributed by atoms with Gasteiger partial charge >= 0.3 is 0 Å². The Kier molecular flexibility index (Phi) is 5.85. The third kappa shape index (κ3) is 3.34. The number of thiazole rings is 1. The van der Waals surface area contributed by atoms with E-state index in [4.69, 9.17) is 4.98 Å². The first-order chi connectivity index (χ1) is 9.73. The van der Waals surface area contributed by atoms with Gasteiger partial charge in [0.2, 0.25) is 0 Å². The summed E-state index contributed by atoms with van der Waals surface area (Å²) in [5.41, 5.74) is 1.32. The molecule has 114 valence electrons. The maximum absolute atomic E-state index is 4.98. The van der Waals surface area contributed by atoms with Gasteiger partial charge in [-0.15, -0.1) is 11.3 Å². The molecule has 0 amide bonds. The van der Waals surface area contributed by atoms with Crippen LogP contribution in [0.5, 0.6) is 0 Å². The second-order valence-corrected chi connectivity index (χ2v) is 6.82. The van der Waals surface area contributed by atoms with Crippen LogP contribution in [-0.2, 0) is 6.42 Å². The minimum atomic E-state index is 0.468. The molecule has 1 aromatic heterocycles. The van der Waals surface area contributed by atoms with E-state index < -0.39 is 0 Å². The lowest BCUT2D eigenvalue weighted by Crippen LogP contribution is -2.29. The summed E-state index contributed by atoms with van der Waals surface area (Å²) in [6.07, 6.45) is 6.26. The highest BCUT2D eigenvalue weighted by molar-refractivity contribution is 7.15. The molecule has 0 saturated heterocycles. The molecule has 1 unspecified atom stereocenters. The number of rotatable bonds is 7. The lowest BCUT2D eigenvalue weighted by atomic mass is 9.98. The molecule has 0 radical (unpaired) electrons. The largest absolute Gasteiger partial charge is 0.348 e. The smallest absolute Gasteiger partial charge is 0.185 e. The van der Waals surface area contributed by atoms with Gasteiger partial charge in [0.05, 0.1) is 11.7 Å². The van der Waals surface area contributed by atoms with Crippen LogP contribution in [0, 0.1) is 5.92 Å². The van der Waals surface area contributed by atoms with Crippen LogP contribution in [-0.4, -0.2) is 25.1 Å². The first-order valence-electron chi connectivity index (χ1n) is 8.15. The van der Waals surface area contributed by atoms with Crippen molar-refractivity contribution < 1.29 is 0 Å². The van der Waals surface area contributed by atoms with E-state index in [2.05, 4.69) is 38.0 Å². The third-order valence-corrected chi connectivity index (χ3v) is 5.77. The van der Waals surface area contributed by atoms with E-state index in [0.29, 0.717) is 6.04 Å². The summed E-state index contributed by atoms with van der Waals surface area (Å²) in [5.74, 6) is 0.788. The van der Waals surface area contributed by atoms with Gasteiger partial charge in [0.1, 0.15) is 0 Å². The number of hydrogen-bond acceptors (Lipinski definition) is 4. The van der Waals surface area contributed by atoms with E-state index in [9.17, 15) is 0 Å². The number of anilines is 1. The zero-order valence-corrected chi connectivity index (χ0v) is 14.2. The monoisotopic (exact) mass is 295 g/mol. The summed E-state index contributed by atoms with van der Waals surface area (Å²) in [6, 6.07) is 0.468. The number of fused-ring (bicyclic) bond motifs is 1. The van der Waals surface area contributed by atoms with Gasteiger partial charge in [-0.1, -0.05) is 26.7 Å². The molecule has 0 saturated carbocycles. The molecule has 20 heavy (non-hydrogen) atoms. The summed E-state index contributed by atoms with van der Waals surface area (Å²) in [5, 5.41) is 4.66. The van der Waals surface area contributed by atoms with Crippen molar-refractivity contribution in [2.24, 2.45) is 5.92 Å². The average Bonchev–Trinajstić information content (AvgIpc) is 2.92. The number of nitrogens with zero attached hydrogens (tertiary/aromatic N) is 2. The number of aromatic nitrogens is 1. The Bertz CT molecular complexity index is 412. The molecular weight excluding hydrogens is 266 g/mol. The topological polar surface area (TPSA) is 28.2 Å². The van der Waals surface area contributed by atoms with Gasteiger partial charge < -0.3 is 10.2 Å². The van der Waals surface area contributed by atoms with Crippen molar-refractivity contribution >= 4 is 16.5 Å². The SMILES string of the molecule is CCC(CC)CN(CC)c1nc2c(s1)CCCC2NC. The molecule has 1 heterocycles. The fourth-order valence-corrected chi connectivity index (χ4v) is 4.26. The lowest BCUT2D eigenvalue weighted by molar-refractivity contribution is 0.480. The van der Waals surface area contributed by atoms with E-state index in [0.717, 1.165) is 19.0 Å². The van der Waals surface area contributed by atoms with Crippen molar-refractivity contribution in [1.29, 1.82) is 0 Å². The molecule has 4 heteroatoms. The number of hydrogen-bond donors (Lipinski definition) is 1. The van der Waals surface area contributed by atoms with Crippen molar-refractivity contribution in [3.05, 3.63) is 10.6 Å². The highest BCUT2D eigenvalue weighted by Crippen LogP contribution is 2.36. The zero-order valence-electron chi connectivity index (χ0n) is 13.4. The molecule has 0 spiro atoms. The zero-order chi connectivity index (χ0) is 14.5. The normalized spacial score (nSPS) is 18.4. The van der Waals surface area contributed by atoms with E-state index >= 15 is 0 Å². The molecule has 0 bridgehead atoms. The lowest BCUT2D eigenvalue weighted by Gasteiger charge is -2.24. The van der Waals surface area contributed by atoms with Crippen LogP contribution in [0.1, 0.15) is 63.1 Å². The molecule has 3 nitrogen and oxygen atoms in total. The standard InChI is InChI=1S/C16H29N3S/c1-5-12(6-2)11-19(7-3)16-18-15-13(17-4)9-8-10-14(15)20-16/h12-13,17H,5-11H2,1-4H3. The molecule has 2 rings (SSSR count). The summed E-state index contributed by atoms with van der Waals surface area (Å²) in [6.45, 7) is 9.06. The Morgan fingerprint density at radius 3 is 2.70 bits per heavy atom. The summed E-state index contributed by atoms with van der Waals surface area (Å²) >= 11 is 1.92. The Morgan fingerprint density at radius 1 is 1.35 bits per heavy atom. The fraction of sp³-hybridized carbons (Fsp3) is 0.812. The molecule has 1 aliphatic rings. The molecule has 1 N–H and O–H groups in total. The highest BCUT2D eigenvalue weighted by atomic mass is 32.1. The maximum atomic E-state index is 4.98. The molecule has 0 aromatic carbocycles. The first kappa shape index (κ1) is 15.8. The van der Waals surface area contributed by atoms with E-state index in [-0.39, 0.29) is 0 Å². The van der Waals surface area contributed by atoms with E-state index in [1.165, 1.54) is 47.8 Å². The minimum absolute atomic E-state index is 0.468. The summed E-state index contributed by atoms with van der Waals surface area (Å²) in [4.78, 5) is 8.97. The summed E-state index contributed by atoms with van der Waals surface area (Å²) < 4.78 is 0. The average molecular weight is 295 g/mol. The van der Waals surface area contributed by atoms with Gasteiger partial charge in [0.25, 0.3) is 0 Å². The Morgan fingerprint density at radius 2 is 2.10 bits per heavy atom. The molecule has 0 aliphatic heterocycles. The summed E-state index contributed by atoms with van der Waals surface area (Å²) in [7, 11) is 2.06. The van der Waals surface area contributed by atoms with Crippen LogP contribution in [0.3, 0.4) is 0 Å². The Labute approximate surface area is 127 Å². The van der Waals surface area contributed by atoms with Gasteiger partial charge in [0.15, 0.2) is 5.13 Å². The van der Waals surface area contributed by atoms with Crippen molar-refractivity contribution in [2.75, 3.05) is 25.0 Å². The molecule has 1 atom stereocenters. The molecular formula is C16H29N3S. The molecule has 1 aliphatic carbocycles. The minimum Gasteiger partial charge on any atom is -0.348 e. The van der Waals surface area contributed by atoms with Gasteiger partial charge in [-0.25, -0.2) is 4.98 Å². The van der Waals surface area contributed by atoms with Gasteiger partial charge in [0, 0.05) is 18.0 Å². The first-order valence-corrected chi connectivity index (χ1v) is 8.96. The number of nitrogens with one attached hydrogen (secondary N) is 1. The quantitative estimate of drug-likeness (QED) is 0.824. The molecule has 1 aromatic rings. The van der Waals surface area contributed by atoms with Crippen LogP contribution >= 0.6 is 11.3 Å². The van der Waals surface area contributed by atoms with E-state index in [1.54, 1.807) is 0 Å². The predicted molar refractivity (Wildman–Crippen MR) is 88.8 cm³/mol.